The third-order valence-corrected chi connectivity index (χ3v) is 3.71. The smallest absolute Gasteiger partial charge is 0.234 e. The summed E-state index contributed by atoms with van der Waals surface area (Å²) >= 11 is 0. The molecule has 0 aromatic carbocycles. The number of likely N-dealkylation sites (N-methyl/N-ethyl adjacent to an activating group) is 1. The van der Waals surface area contributed by atoms with Crippen molar-refractivity contribution in [2.75, 3.05) is 31.6 Å². The summed E-state index contributed by atoms with van der Waals surface area (Å²) in [6.07, 6.45) is 1.66. The minimum absolute atomic E-state index is 0.221. The molecule has 0 spiro atoms. The van der Waals surface area contributed by atoms with Crippen LogP contribution in [-0.2, 0) is 0 Å². The normalized spacial score (nSPS) is 21.2. The Bertz CT molecular complexity index is 485. The summed E-state index contributed by atoms with van der Waals surface area (Å²) in [6, 6.07) is 4.35. The number of rotatable bonds is 1. The second kappa shape index (κ2) is 5.14. The first-order valence-corrected chi connectivity index (χ1v) is 6.60. The summed E-state index contributed by atoms with van der Waals surface area (Å²) in [5, 5.41) is 8.88. The van der Waals surface area contributed by atoms with Gasteiger partial charge in [-0.05, 0) is 18.5 Å². The highest BCUT2D eigenvalue weighted by Crippen LogP contribution is 2.28. The molecule has 102 valence electrons. The van der Waals surface area contributed by atoms with Crippen LogP contribution in [0.1, 0.15) is 26.6 Å². The Balaban J connectivity index is 2.20. The number of hydrogen-bond acceptors (Lipinski definition) is 5. The van der Waals surface area contributed by atoms with Crippen LogP contribution in [0.25, 0.3) is 0 Å². The highest BCUT2D eigenvalue weighted by molar-refractivity contribution is 5.40. The van der Waals surface area contributed by atoms with Gasteiger partial charge in [0.25, 0.3) is 0 Å². The van der Waals surface area contributed by atoms with E-state index in [1.807, 2.05) is 12.1 Å². The molecule has 1 saturated heterocycles. The minimum atomic E-state index is 0.221. The van der Waals surface area contributed by atoms with Crippen molar-refractivity contribution < 1.29 is 0 Å². The average molecular weight is 259 g/mol. The summed E-state index contributed by atoms with van der Waals surface area (Å²) in [7, 11) is 2.17. The molecule has 1 aliphatic heterocycles. The fraction of sp³-hybridized carbons (Fsp3) is 0.643. The molecule has 0 bridgehead atoms. The Morgan fingerprint density at radius 1 is 1.37 bits per heavy atom. The molecular formula is C14H21N5. The molecule has 1 atom stereocenters. The third-order valence-electron chi connectivity index (χ3n) is 3.71. The van der Waals surface area contributed by atoms with E-state index in [0.29, 0.717) is 6.04 Å². The van der Waals surface area contributed by atoms with Crippen molar-refractivity contribution in [1.29, 1.82) is 5.26 Å². The zero-order valence-electron chi connectivity index (χ0n) is 12.1. The lowest BCUT2D eigenvalue weighted by molar-refractivity contribution is 0.112. The number of aromatic nitrogens is 2. The predicted molar refractivity (Wildman–Crippen MR) is 74.8 cm³/mol. The van der Waals surface area contributed by atoms with Gasteiger partial charge in [0.05, 0.1) is 0 Å². The quantitative estimate of drug-likeness (QED) is 0.765. The van der Waals surface area contributed by atoms with Gasteiger partial charge in [0.1, 0.15) is 11.9 Å². The first kappa shape index (κ1) is 13.8. The lowest BCUT2D eigenvalue weighted by atomic mass is 9.84. The maximum Gasteiger partial charge on any atom is 0.234 e. The number of anilines is 1. The molecule has 1 unspecified atom stereocenters. The molecule has 0 amide bonds. The zero-order valence-corrected chi connectivity index (χ0v) is 12.1. The van der Waals surface area contributed by atoms with Crippen molar-refractivity contribution in [3.63, 3.8) is 0 Å². The van der Waals surface area contributed by atoms with Crippen molar-refractivity contribution >= 4 is 5.82 Å². The summed E-state index contributed by atoms with van der Waals surface area (Å²) in [5.41, 5.74) is 0.221. The monoisotopic (exact) mass is 259 g/mol. The third kappa shape index (κ3) is 3.02. The number of hydrogen-bond donors (Lipinski definition) is 0. The Kier molecular flexibility index (Phi) is 3.72. The minimum Gasteiger partial charge on any atom is -0.354 e. The molecule has 0 N–H and O–H groups in total. The number of nitriles is 1. The van der Waals surface area contributed by atoms with E-state index < -0.39 is 0 Å². The first-order valence-electron chi connectivity index (χ1n) is 6.60. The van der Waals surface area contributed by atoms with E-state index in [0.717, 1.165) is 25.5 Å². The lowest BCUT2D eigenvalue weighted by Gasteiger charge is -2.46. The van der Waals surface area contributed by atoms with E-state index in [2.05, 4.69) is 47.6 Å². The molecule has 1 aliphatic rings. The standard InChI is InChI=1S/C14H21N5/c1-14(2,3)11-10-19(8-7-18(11)4)13-5-6-16-12(9-15)17-13/h5-6,11H,7-8,10H2,1-4H3. The number of nitrogens with zero attached hydrogens (tertiary/aromatic N) is 5. The van der Waals surface area contributed by atoms with Gasteiger partial charge in [-0.1, -0.05) is 20.8 Å². The van der Waals surface area contributed by atoms with Crippen molar-refractivity contribution in [3.05, 3.63) is 18.1 Å². The van der Waals surface area contributed by atoms with Crippen LogP contribution in [0.5, 0.6) is 0 Å². The van der Waals surface area contributed by atoms with E-state index in [4.69, 9.17) is 5.26 Å². The van der Waals surface area contributed by atoms with Gasteiger partial charge in [0.2, 0.25) is 5.82 Å². The van der Waals surface area contributed by atoms with Crippen LogP contribution in [0.2, 0.25) is 0 Å². The molecule has 5 heteroatoms. The molecule has 0 radical (unpaired) electrons. The molecule has 19 heavy (non-hydrogen) atoms. The van der Waals surface area contributed by atoms with Crippen molar-refractivity contribution in [2.24, 2.45) is 5.41 Å². The first-order chi connectivity index (χ1) is 8.91. The summed E-state index contributed by atoms with van der Waals surface area (Å²) in [5.74, 6) is 1.10. The molecule has 1 aromatic rings. The van der Waals surface area contributed by atoms with Crippen LogP contribution in [-0.4, -0.2) is 47.6 Å². The van der Waals surface area contributed by atoms with E-state index in [-0.39, 0.29) is 11.2 Å². The van der Waals surface area contributed by atoms with Crippen LogP contribution in [0.3, 0.4) is 0 Å². The van der Waals surface area contributed by atoms with Crippen LogP contribution in [0, 0.1) is 16.7 Å². The SMILES string of the molecule is CN1CCN(c2ccnc(C#N)n2)CC1C(C)(C)C. The Labute approximate surface area is 114 Å². The molecule has 5 nitrogen and oxygen atoms in total. The Morgan fingerprint density at radius 2 is 2.11 bits per heavy atom. The summed E-state index contributed by atoms with van der Waals surface area (Å²) in [6.45, 7) is 9.66. The van der Waals surface area contributed by atoms with Crippen molar-refractivity contribution in [1.82, 2.24) is 14.9 Å². The second-order valence-corrected chi connectivity index (χ2v) is 6.16. The highest BCUT2D eigenvalue weighted by atomic mass is 15.3. The van der Waals surface area contributed by atoms with Gasteiger partial charge in [-0.3, -0.25) is 4.90 Å². The molecule has 1 aromatic heterocycles. The molecule has 0 saturated carbocycles. The average Bonchev–Trinajstić information content (AvgIpc) is 2.38. The summed E-state index contributed by atoms with van der Waals surface area (Å²) < 4.78 is 0. The molecule has 0 aliphatic carbocycles. The van der Waals surface area contributed by atoms with Gasteiger partial charge in [-0.15, -0.1) is 0 Å². The second-order valence-electron chi connectivity index (χ2n) is 6.16. The van der Waals surface area contributed by atoms with Gasteiger partial charge in [0, 0.05) is 31.9 Å². The van der Waals surface area contributed by atoms with E-state index in [1.165, 1.54) is 0 Å². The van der Waals surface area contributed by atoms with E-state index in [1.54, 1.807) is 6.20 Å². The highest BCUT2D eigenvalue weighted by Gasteiger charge is 2.33. The maximum absolute atomic E-state index is 8.88. The number of piperazine rings is 1. The zero-order chi connectivity index (χ0) is 14.0. The van der Waals surface area contributed by atoms with E-state index in [9.17, 15) is 0 Å². The van der Waals surface area contributed by atoms with Crippen molar-refractivity contribution in [2.45, 2.75) is 26.8 Å². The largest absolute Gasteiger partial charge is 0.354 e. The van der Waals surface area contributed by atoms with Crippen LogP contribution >= 0.6 is 0 Å². The lowest BCUT2D eigenvalue weighted by Crippen LogP contribution is -2.56. The molecule has 2 heterocycles. The van der Waals surface area contributed by atoms with Gasteiger partial charge in [0.15, 0.2) is 0 Å². The summed E-state index contributed by atoms with van der Waals surface area (Å²) in [4.78, 5) is 12.9. The molecule has 1 fully saturated rings. The van der Waals surface area contributed by atoms with Crippen molar-refractivity contribution in [3.8, 4) is 6.07 Å². The van der Waals surface area contributed by atoms with Gasteiger partial charge >= 0.3 is 0 Å². The topological polar surface area (TPSA) is 56.0 Å². The van der Waals surface area contributed by atoms with Gasteiger partial charge < -0.3 is 4.90 Å². The van der Waals surface area contributed by atoms with Gasteiger partial charge in [-0.2, -0.15) is 5.26 Å². The molecular weight excluding hydrogens is 238 g/mol. The molecule has 2 rings (SSSR count). The maximum atomic E-state index is 8.88. The Hall–Kier alpha value is -1.67. The predicted octanol–water partition coefficient (Wildman–Crippen LogP) is 1.51. The fourth-order valence-electron chi connectivity index (χ4n) is 2.60. The van der Waals surface area contributed by atoms with Crippen LogP contribution in [0.4, 0.5) is 5.82 Å². The van der Waals surface area contributed by atoms with Crippen LogP contribution < -0.4 is 4.90 Å². The fourth-order valence-corrected chi connectivity index (χ4v) is 2.60. The Morgan fingerprint density at radius 3 is 2.74 bits per heavy atom. The van der Waals surface area contributed by atoms with Crippen LogP contribution in [0.15, 0.2) is 12.3 Å². The van der Waals surface area contributed by atoms with Gasteiger partial charge in [-0.25, -0.2) is 9.97 Å². The van der Waals surface area contributed by atoms with E-state index >= 15 is 0 Å².